The van der Waals surface area contributed by atoms with Gasteiger partial charge < -0.3 is 59.4 Å². The number of piperazine rings is 1. The molecule has 7 rings (SSSR count). The molecule has 0 aromatic heterocycles. The second kappa shape index (κ2) is 20.6. The molecule has 5 aliphatic heterocycles. The summed E-state index contributed by atoms with van der Waals surface area (Å²) in [4.78, 5) is 77.2. The van der Waals surface area contributed by atoms with Crippen molar-refractivity contribution in [3.63, 3.8) is 0 Å². The van der Waals surface area contributed by atoms with Crippen molar-refractivity contribution in [2.24, 2.45) is 23.7 Å². The first-order chi connectivity index (χ1) is 30.8. The summed E-state index contributed by atoms with van der Waals surface area (Å²) in [6.45, 7) is 16.6. The van der Waals surface area contributed by atoms with E-state index in [-0.39, 0.29) is 65.7 Å². The lowest BCUT2D eigenvalue weighted by Crippen LogP contribution is -2.49. The Kier molecular flexibility index (Phi) is 15.6. The van der Waals surface area contributed by atoms with Gasteiger partial charge in [-0.05, 0) is 27.0 Å². The Labute approximate surface area is 380 Å². The Morgan fingerprint density at radius 2 is 1.58 bits per heavy atom. The maximum absolute atomic E-state index is 14.8. The highest BCUT2D eigenvalue weighted by Crippen LogP contribution is 2.49. The summed E-state index contributed by atoms with van der Waals surface area (Å²) < 4.78 is 29.6. The average Bonchev–Trinajstić information content (AvgIpc) is 3.55. The van der Waals surface area contributed by atoms with Gasteiger partial charge in [-0.25, -0.2) is 4.79 Å². The van der Waals surface area contributed by atoms with Crippen LogP contribution in [-0.4, -0.2) is 169 Å². The van der Waals surface area contributed by atoms with Crippen molar-refractivity contribution in [2.45, 2.75) is 78.7 Å². The maximum Gasteiger partial charge on any atom is 0.407 e. The monoisotopic (exact) mass is 907 g/mol. The van der Waals surface area contributed by atoms with Crippen LogP contribution in [0.25, 0.3) is 0 Å². The number of aromatic hydroxyl groups is 1. The molecule has 1 aromatic carbocycles. The third-order valence-corrected chi connectivity index (χ3v) is 13.5. The number of ether oxygens (including phenoxy) is 5. The summed E-state index contributed by atoms with van der Waals surface area (Å²) in [6.07, 6.45) is 2.62. The predicted octanol–water partition coefficient (Wildman–Crippen LogP) is 2.70. The Morgan fingerprint density at radius 1 is 0.908 bits per heavy atom. The summed E-state index contributed by atoms with van der Waals surface area (Å²) in [5.41, 5.74) is -1.48. The average molecular weight is 908 g/mol. The number of carbonyl (C=O) groups excluding carboxylic acids is 5. The van der Waals surface area contributed by atoms with E-state index in [1.807, 2.05) is 0 Å². The molecule has 2 saturated heterocycles. The van der Waals surface area contributed by atoms with Crippen LogP contribution in [0.3, 0.4) is 0 Å². The number of fused-ring (bicyclic) bond motifs is 14. The molecule has 18 heteroatoms. The lowest BCUT2D eigenvalue weighted by Gasteiger charge is -2.38. The maximum atomic E-state index is 14.8. The van der Waals surface area contributed by atoms with Crippen LogP contribution in [0.4, 0.5) is 4.79 Å². The number of ketones is 3. The van der Waals surface area contributed by atoms with Crippen molar-refractivity contribution >= 4 is 29.4 Å². The van der Waals surface area contributed by atoms with Crippen molar-refractivity contribution in [1.82, 2.24) is 25.3 Å². The number of hydrogen-bond acceptors (Lipinski definition) is 16. The van der Waals surface area contributed by atoms with E-state index in [0.29, 0.717) is 13.1 Å². The minimum absolute atomic E-state index is 0.0000556. The lowest BCUT2D eigenvalue weighted by atomic mass is 9.78. The van der Waals surface area contributed by atoms with Gasteiger partial charge in [-0.15, -0.1) is 0 Å². The quantitative estimate of drug-likeness (QED) is 0.277. The molecular formula is C47H65N5O13. The van der Waals surface area contributed by atoms with Gasteiger partial charge >= 0.3 is 11.9 Å². The normalized spacial score (nSPS) is 32.8. The number of aliphatic hydroxyl groups is 2. The molecule has 356 valence electrons. The van der Waals surface area contributed by atoms with Crippen LogP contribution < -0.4 is 15.4 Å². The van der Waals surface area contributed by atoms with Crippen molar-refractivity contribution in [3.8, 4) is 11.5 Å². The topological polar surface area (TPSA) is 226 Å². The van der Waals surface area contributed by atoms with Crippen LogP contribution in [0.2, 0.25) is 0 Å². The van der Waals surface area contributed by atoms with Gasteiger partial charge in [0.15, 0.2) is 0 Å². The van der Waals surface area contributed by atoms with E-state index in [4.69, 9.17) is 23.7 Å². The lowest BCUT2D eigenvalue weighted by molar-refractivity contribution is -0.116. The summed E-state index contributed by atoms with van der Waals surface area (Å²) in [5, 5.41) is 40.4. The molecule has 5 heterocycles. The second-order valence-corrected chi connectivity index (χ2v) is 18.0. The fourth-order valence-electron chi connectivity index (χ4n) is 9.13. The number of amides is 2. The van der Waals surface area contributed by atoms with Gasteiger partial charge in [-0.3, -0.25) is 24.1 Å². The number of phenols is 1. The van der Waals surface area contributed by atoms with E-state index in [1.165, 1.54) is 46.3 Å². The molecule has 2 amide bonds. The summed E-state index contributed by atoms with van der Waals surface area (Å²) in [6, 6.07) is 0. The zero-order valence-corrected chi connectivity index (χ0v) is 38.8. The molecule has 0 saturated carbocycles. The number of Topliss-reactive ketones (excluding diaryl/α,β-unsaturated/α-hetero) is 3. The third kappa shape index (κ3) is 10.2. The highest BCUT2D eigenvalue weighted by atomic mass is 16.7. The number of rotatable bonds is 6. The Bertz CT molecular complexity index is 2140. The minimum Gasteiger partial charge on any atom is -0.507 e. The first-order valence-electron chi connectivity index (χ1n) is 22.4. The predicted molar refractivity (Wildman–Crippen MR) is 237 cm³/mol. The molecule has 1 aromatic rings. The van der Waals surface area contributed by atoms with Crippen molar-refractivity contribution in [2.75, 3.05) is 79.7 Å². The summed E-state index contributed by atoms with van der Waals surface area (Å²) in [7, 11) is 3.51. The van der Waals surface area contributed by atoms with Gasteiger partial charge in [-0.2, -0.15) is 0 Å². The molecule has 0 unspecified atom stereocenters. The van der Waals surface area contributed by atoms with Gasteiger partial charge in [0.25, 0.3) is 11.7 Å². The molecule has 18 nitrogen and oxygen atoms in total. The van der Waals surface area contributed by atoms with E-state index in [9.17, 15) is 39.3 Å². The number of allylic oxidation sites excluding steroid dienone is 4. The number of benzene rings is 1. The van der Waals surface area contributed by atoms with Crippen LogP contribution in [0.15, 0.2) is 47.5 Å². The fraction of sp³-hybridized carbons (Fsp3) is 0.596. The highest BCUT2D eigenvalue weighted by Gasteiger charge is 2.53. The smallest absolute Gasteiger partial charge is 0.407 e. The standard InChI is InChI=1S/C47H65N5O13/c1-25-11-10-12-26(2)45(59)49-35-36(52-20-23-62-24-21-52)41(57)32-33(40(35)56)39(55)30(6)43-34(32)44(58)47(7,65-43)63-22-13-31(61-9)27(3)42(29(5)38(54)28(4)37(25)53)64-46(60)48-14-15-51-18-16-50(8)17-19-51/h10-13,22,25,27-29,31,37-38,42,53-55H,14-21,23-24H2,1-9H3,(H,48,60)(H,49,59)/b11-10+,22-13+,26-12-/t25-,27-,28-,29-,31+,37-,38-,42+,47+/m1/s1. The van der Waals surface area contributed by atoms with Crippen LogP contribution in [0, 0.1) is 30.6 Å². The Balaban J connectivity index is 1.38. The molecule has 1 aliphatic carbocycles. The van der Waals surface area contributed by atoms with Gasteiger partial charge in [0.1, 0.15) is 29.0 Å². The first kappa shape index (κ1) is 49.3. The number of morpholine rings is 1. The van der Waals surface area contributed by atoms with Crippen LogP contribution >= 0.6 is 0 Å². The molecule has 2 fully saturated rings. The number of likely N-dealkylation sites (N-methyl/N-ethyl adjacent to an activating group) is 1. The molecule has 9 atom stereocenters. The Morgan fingerprint density at radius 3 is 2.25 bits per heavy atom. The second-order valence-electron chi connectivity index (χ2n) is 18.0. The van der Waals surface area contributed by atoms with Gasteiger partial charge in [0.05, 0.1) is 54.5 Å². The molecular weight excluding hydrogens is 843 g/mol. The van der Waals surface area contributed by atoms with Gasteiger partial charge in [-0.1, -0.05) is 45.9 Å². The zero-order valence-electron chi connectivity index (χ0n) is 38.8. The van der Waals surface area contributed by atoms with Crippen molar-refractivity contribution < 1.29 is 63.0 Å². The molecule has 6 aliphatic rings. The number of hydrogen-bond donors (Lipinski definition) is 5. The number of nitrogens with one attached hydrogen (secondary N) is 2. The van der Waals surface area contributed by atoms with Crippen molar-refractivity contribution in [1.29, 1.82) is 0 Å². The zero-order chi connectivity index (χ0) is 47.5. The van der Waals surface area contributed by atoms with E-state index >= 15 is 0 Å². The Hall–Kier alpha value is -5.11. The minimum atomic E-state index is -2.10. The fourth-order valence-corrected chi connectivity index (χ4v) is 9.13. The van der Waals surface area contributed by atoms with Crippen LogP contribution in [0.5, 0.6) is 11.5 Å². The van der Waals surface area contributed by atoms with Gasteiger partial charge in [0, 0.05) is 101 Å². The summed E-state index contributed by atoms with van der Waals surface area (Å²) in [5.74, 6) is -8.70. The first-order valence-corrected chi connectivity index (χ1v) is 22.4. The van der Waals surface area contributed by atoms with Crippen LogP contribution in [0.1, 0.15) is 78.2 Å². The third-order valence-electron chi connectivity index (χ3n) is 13.5. The molecule has 5 bridgehead atoms. The molecule has 0 spiro atoms. The van der Waals surface area contributed by atoms with E-state index in [0.717, 1.165) is 26.2 Å². The van der Waals surface area contributed by atoms with E-state index < -0.39 is 94.5 Å². The van der Waals surface area contributed by atoms with E-state index in [2.05, 4.69) is 27.5 Å². The SMILES string of the molecule is CO[C@H]1/C=C/O[C@@]2(C)Oc3c(C)c(O)c4c(c3C2=O)C(=O)C(N2CCOCC2)=C(NC(=O)/C(C)=C\C=C\[C@@H](C)[C@@H](O)[C@@H](C)[C@@H](O)[C@@H](C)[C@@H](OC(=O)NCCN2CCN(C)CC2)[C@@H]1C)C4=O. The molecule has 65 heavy (non-hydrogen) atoms. The number of aliphatic hydroxyl groups excluding tert-OH is 2. The number of methoxy groups -OCH3 is 1. The number of nitrogens with zero attached hydrogens (tertiary/aromatic N) is 3. The van der Waals surface area contributed by atoms with Gasteiger partial charge in [0.2, 0.25) is 11.6 Å². The highest BCUT2D eigenvalue weighted by molar-refractivity contribution is 6.32. The number of phenolic OH excluding ortho intramolecular Hbond substituents is 1. The summed E-state index contributed by atoms with van der Waals surface area (Å²) >= 11 is 0. The largest absolute Gasteiger partial charge is 0.507 e. The number of alkyl carbamates (subject to hydrolysis) is 1. The molecule has 5 N–H and O–H groups in total. The number of carbonyl (C=O) groups is 5. The molecule has 0 radical (unpaired) electrons. The van der Waals surface area contributed by atoms with Crippen molar-refractivity contribution in [3.05, 3.63) is 69.8 Å². The van der Waals surface area contributed by atoms with E-state index in [1.54, 1.807) is 44.7 Å². The van der Waals surface area contributed by atoms with Crippen LogP contribution in [-0.2, 0) is 23.7 Å².